The smallest absolute Gasteiger partial charge is 0.340 e. The highest BCUT2D eigenvalue weighted by Gasteiger charge is 2.28. The summed E-state index contributed by atoms with van der Waals surface area (Å²) in [7, 11) is 0. The van der Waals surface area contributed by atoms with Gasteiger partial charge in [-0.25, -0.2) is 4.79 Å². The second kappa shape index (κ2) is 8.20. The molecule has 0 unspecified atom stereocenters. The summed E-state index contributed by atoms with van der Waals surface area (Å²) in [6.45, 7) is 8.24. The van der Waals surface area contributed by atoms with Crippen LogP contribution in [0.25, 0.3) is 0 Å². The first-order valence-electron chi connectivity index (χ1n) is 8.13. The Kier molecular flexibility index (Phi) is 6.25. The van der Waals surface area contributed by atoms with Crippen molar-refractivity contribution in [3.05, 3.63) is 52.1 Å². The predicted octanol–water partition coefficient (Wildman–Crippen LogP) is 2.91. The first-order valence-corrected chi connectivity index (χ1v) is 9.11. The quantitative estimate of drug-likeness (QED) is 0.249. The van der Waals surface area contributed by atoms with E-state index < -0.39 is 5.97 Å². The minimum atomic E-state index is -0.484. The van der Waals surface area contributed by atoms with Gasteiger partial charge in [0.05, 0.1) is 23.5 Å². The van der Waals surface area contributed by atoms with Crippen LogP contribution in [-0.4, -0.2) is 28.7 Å². The third kappa shape index (κ3) is 3.87. The van der Waals surface area contributed by atoms with Crippen molar-refractivity contribution >= 4 is 23.5 Å². The molecule has 2 aromatic rings. The van der Waals surface area contributed by atoms with Crippen molar-refractivity contribution in [3.63, 3.8) is 0 Å². The second-order valence-corrected chi connectivity index (χ2v) is 6.46. The Labute approximate surface area is 151 Å². The Morgan fingerprint density at radius 1 is 1.20 bits per heavy atom. The van der Waals surface area contributed by atoms with E-state index in [2.05, 4.69) is 0 Å². The van der Waals surface area contributed by atoms with E-state index in [-0.39, 0.29) is 18.1 Å². The summed E-state index contributed by atoms with van der Waals surface area (Å²) in [4.78, 5) is 25.2. The van der Waals surface area contributed by atoms with Crippen molar-refractivity contribution in [1.29, 1.82) is 0 Å². The molecule has 0 aliphatic heterocycles. The topological polar surface area (TPSA) is 75.2 Å². The standard InChI is InChI=1S/C18H22N2O4S/c1-5-19-12(3)16(17(13(19)4)18(22)24-6-2)14(21)11-25-15-9-7-8-10-20(15)23/h7-10H,5-6,11H2,1-4H3. The first-order chi connectivity index (χ1) is 11.9. The molecule has 0 spiro atoms. The molecule has 0 saturated carbocycles. The van der Waals surface area contributed by atoms with Crippen LogP contribution >= 0.6 is 11.8 Å². The van der Waals surface area contributed by atoms with Crippen molar-refractivity contribution in [2.45, 2.75) is 39.3 Å². The number of pyridine rings is 1. The number of ketones is 1. The summed E-state index contributed by atoms with van der Waals surface area (Å²) >= 11 is 1.15. The highest BCUT2D eigenvalue weighted by Crippen LogP contribution is 2.26. The Hall–Kier alpha value is -2.28. The van der Waals surface area contributed by atoms with Crippen LogP contribution in [-0.2, 0) is 11.3 Å². The summed E-state index contributed by atoms with van der Waals surface area (Å²) in [5, 5.41) is 12.1. The van der Waals surface area contributed by atoms with Crippen LogP contribution in [0, 0.1) is 19.1 Å². The number of hydrogen-bond acceptors (Lipinski definition) is 5. The van der Waals surface area contributed by atoms with Crippen LogP contribution in [0.2, 0.25) is 0 Å². The number of nitrogens with zero attached hydrogens (tertiary/aromatic N) is 2. The molecule has 0 N–H and O–H groups in total. The summed E-state index contributed by atoms with van der Waals surface area (Å²) < 4.78 is 7.78. The van der Waals surface area contributed by atoms with E-state index in [1.165, 1.54) is 6.20 Å². The molecule has 0 saturated heterocycles. The molecular weight excluding hydrogens is 340 g/mol. The fourth-order valence-corrected chi connectivity index (χ4v) is 3.67. The van der Waals surface area contributed by atoms with Crippen LogP contribution in [0.1, 0.15) is 46.0 Å². The second-order valence-electron chi connectivity index (χ2n) is 5.46. The van der Waals surface area contributed by atoms with Gasteiger partial charge in [-0.1, -0.05) is 0 Å². The normalized spacial score (nSPS) is 10.7. The molecule has 2 heterocycles. The maximum absolute atomic E-state index is 12.8. The lowest BCUT2D eigenvalue weighted by Crippen LogP contribution is -2.28. The van der Waals surface area contributed by atoms with E-state index in [1.807, 2.05) is 25.3 Å². The number of rotatable bonds is 7. The van der Waals surface area contributed by atoms with Gasteiger partial charge in [0, 0.05) is 30.1 Å². The zero-order chi connectivity index (χ0) is 18.6. The summed E-state index contributed by atoms with van der Waals surface area (Å²) in [5.41, 5.74) is 2.19. The van der Waals surface area contributed by atoms with Gasteiger partial charge >= 0.3 is 5.97 Å². The van der Waals surface area contributed by atoms with E-state index in [4.69, 9.17) is 4.74 Å². The number of esters is 1. The Bertz CT molecular complexity index is 799. The number of ether oxygens (including phenoxy) is 1. The molecule has 2 rings (SSSR count). The fourth-order valence-electron chi connectivity index (χ4n) is 2.89. The highest BCUT2D eigenvalue weighted by atomic mass is 32.2. The predicted molar refractivity (Wildman–Crippen MR) is 96.0 cm³/mol. The van der Waals surface area contributed by atoms with Crippen LogP contribution < -0.4 is 4.73 Å². The Morgan fingerprint density at radius 3 is 2.48 bits per heavy atom. The lowest BCUT2D eigenvalue weighted by atomic mass is 10.1. The molecule has 0 aliphatic carbocycles. The maximum Gasteiger partial charge on any atom is 0.340 e. The highest BCUT2D eigenvalue weighted by molar-refractivity contribution is 7.99. The van der Waals surface area contributed by atoms with Gasteiger partial charge in [0.25, 0.3) is 5.03 Å². The Morgan fingerprint density at radius 2 is 1.88 bits per heavy atom. The van der Waals surface area contributed by atoms with Crippen molar-refractivity contribution < 1.29 is 19.1 Å². The number of carbonyl (C=O) groups is 2. The number of carbonyl (C=O) groups excluding carboxylic acids is 2. The van der Waals surface area contributed by atoms with E-state index in [0.717, 1.165) is 27.9 Å². The van der Waals surface area contributed by atoms with E-state index in [9.17, 15) is 14.8 Å². The summed E-state index contributed by atoms with van der Waals surface area (Å²) in [5.74, 6) is -0.598. The lowest BCUT2D eigenvalue weighted by molar-refractivity contribution is -0.645. The molecule has 0 aliphatic rings. The molecule has 0 atom stereocenters. The number of Topliss-reactive ketones (excluding diaryl/α,β-unsaturated/α-hetero) is 1. The van der Waals surface area contributed by atoms with Gasteiger partial charge in [-0.15, -0.1) is 0 Å². The van der Waals surface area contributed by atoms with Gasteiger partial charge in [-0.05, 0) is 45.5 Å². The molecule has 134 valence electrons. The molecule has 0 bridgehead atoms. The molecular formula is C18H22N2O4S. The van der Waals surface area contributed by atoms with Gasteiger partial charge < -0.3 is 14.5 Å². The Balaban J connectivity index is 2.35. The number of aromatic nitrogens is 2. The minimum absolute atomic E-state index is 0.0761. The zero-order valence-electron chi connectivity index (χ0n) is 14.9. The first kappa shape index (κ1) is 19.1. The largest absolute Gasteiger partial charge is 0.618 e. The minimum Gasteiger partial charge on any atom is -0.618 e. The maximum atomic E-state index is 12.8. The van der Waals surface area contributed by atoms with Gasteiger partial charge in [0.2, 0.25) is 0 Å². The monoisotopic (exact) mass is 362 g/mol. The van der Waals surface area contributed by atoms with Gasteiger partial charge in [-0.3, -0.25) is 4.79 Å². The molecule has 0 radical (unpaired) electrons. The molecule has 2 aromatic heterocycles. The third-order valence-corrected chi connectivity index (χ3v) is 5.02. The van der Waals surface area contributed by atoms with Crippen molar-refractivity contribution in [2.24, 2.45) is 0 Å². The van der Waals surface area contributed by atoms with Crippen LogP contribution in [0.3, 0.4) is 0 Å². The van der Waals surface area contributed by atoms with Gasteiger partial charge in [-0.2, -0.15) is 4.73 Å². The van der Waals surface area contributed by atoms with Crippen LogP contribution in [0.4, 0.5) is 0 Å². The fraction of sp³-hybridized carbons (Fsp3) is 0.389. The SMILES string of the molecule is CCOC(=O)c1c(C(=O)CSc2cccc[n+]2[O-])c(C)n(CC)c1C. The van der Waals surface area contributed by atoms with Gasteiger partial charge in [0.15, 0.2) is 12.0 Å². The molecule has 6 nitrogen and oxygen atoms in total. The summed E-state index contributed by atoms with van der Waals surface area (Å²) in [6, 6.07) is 5.04. The molecule has 7 heteroatoms. The van der Waals surface area contributed by atoms with Crippen molar-refractivity contribution in [1.82, 2.24) is 4.57 Å². The number of hydrogen-bond donors (Lipinski definition) is 0. The average molecular weight is 362 g/mol. The number of thioether (sulfide) groups is 1. The third-order valence-electron chi connectivity index (χ3n) is 4.00. The lowest BCUT2D eigenvalue weighted by Gasteiger charge is -2.06. The van der Waals surface area contributed by atoms with Crippen molar-refractivity contribution in [2.75, 3.05) is 12.4 Å². The average Bonchev–Trinajstić information content (AvgIpc) is 2.84. The molecule has 0 fully saturated rings. The molecule has 0 aromatic carbocycles. The van der Waals surface area contributed by atoms with Gasteiger partial charge in [0.1, 0.15) is 0 Å². The van der Waals surface area contributed by atoms with Crippen molar-refractivity contribution in [3.8, 4) is 0 Å². The van der Waals surface area contributed by atoms with E-state index in [0.29, 0.717) is 22.7 Å². The van der Waals surface area contributed by atoms with Crippen LogP contribution in [0.15, 0.2) is 29.4 Å². The molecule has 0 amide bonds. The zero-order valence-corrected chi connectivity index (χ0v) is 15.7. The van der Waals surface area contributed by atoms with Crippen LogP contribution in [0.5, 0.6) is 0 Å². The molecule has 25 heavy (non-hydrogen) atoms. The van der Waals surface area contributed by atoms with E-state index >= 15 is 0 Å². The van der Waals surface area contributed by atoms with E-state index in [1.54, 1.807) is 25.1 Å². The summed E-state index contributed by atoms with van der Waals surface area (Å²) in [6.07, 6.45) is 1.39.